The van der Waals surface area contributed by atoms with Crippen LogP contribution in [0.1, 0.15) is 50.3 Å². The second-order valence-corrected chi connectivity index (χ2v) is 9.58. The highest BCUT2D eigenvalue weighted by Crippen LogP contribution is 2.19. The fraction of sp³-hybridized carbons (Fsp3) is 0.409. The summed E-state index contributed by atoms with van der Waals surface area (Å²) in [5, 5.41) is 3.26. The molecule has 1 amide bonds. The van der Waals surface area contributed by atoms with Gasteiger partial charge in [0.05, 0.1) is 24.2 Å². The summed E-state index contributed by atoms with van der Waals surface area (Å²) < 4.78 is 30.2. The molecule has 0 unspecified atom stereocenters. The SMILES string of the molecule is CCCCOc1ccc([C@H](C)NC(=O)CCS(=O)(=O)Cc2ccccc2Cl)cc1. The number of hydrogen-bond acceptors (Lipinski definition) is 4. The summed E-state index contributed by atoms with van der Waals surface area (Å²) in [7, 11) is -3.43. The van der Waals surface area contributed by atoms with Crippen molar-refractivity contribution in [1.82, 2.24) is 5.32 Å². The molecule has 7 heteroatoms. The Hall–Kier alpha value is -2.05. The van der Waals surface area contributed by atoms with Crippen molar-refractivity contribution >= 4 is 27.3 Å². The molecule has 0 aliphatic rings. The minimum absolute atomic E-state index is 0.0880. The van der Waals surface area contributed by atoms with Gasteiger partial charge in [-0.3, -0.25) is 4.79 Å². The van der Waals surface area contributed by atoms with E-state index in [-0.39, 0.29) is 29.9 Å². The van der Waals surface area contributed by atoms with Crippen LogP contribution in [0.3, 0.4) is 0 Å². The molecule has 0 aromatic heterocycles. The van der Waals surface area contributed by atoms with Gasteiger partial charge in [0.15, 0.2) is 9.84 Å². The number of ether oxygens (including phenoxy) is 1. The fourth-order valence-electron chi connectivity index (χ4n) is 2.76. The second kappa shape index (κ2) is 11.2. The number of unbranched alkanes of at least 4 members (excludes halogenated alkanes) is 1. The molecule has 1 N–H and O–H groups in total. The van der Waals surface area contributed by atoms with Crippen molar-refractivity contribution in [3.8, 4) is 5.75 Å². The Morgan fingerprint density at radius 3 is 2.48 bits per heavy atom. The van der Waals surface area contributed by atoms with E-state index in [0.29, 0.717) is 17.2 Å². The number of amides is 1. The maximum absolute atomic E-state index is 12.3. The first-order valence-corrected chi connectivity index (χ1v) is 12.0. The maximum atomic E-state index is 12.3. The number of nitrogens with one attached hydrogen (secondary N) is 1. The maximum Gasteiger partial charge on any atom is 0.221 e. The highest BCUT2D eigenvalue weighted by atomic mass is 35.5. The van der Waals surface area contributed by atoms with Gasteiger partial charge in [-0.15, -0.1) is 0 Å². The summed E-state index contributed by atoms with van der Waals surface area (Å²) in [5.74, 6) is 0.102. The summed E-state index contributed by atoms with van der Waals surface area (Å²) in [6.07, 6.45) is 2.00. The van der Waals surface area contributed by atoms with Gasteiger partial charge < -0.3 is 10.1 Å². The Balaban J connectivity index is 1.82. The molecule has 0 radical (unpaired) electrons. The topological polar surface area (TPSA) is 72.5 Å². The zero-order valence-electron chi connectivity index (χ0n) is 16.9. The van der Waals surface area contributed by atoms with Crippen LogP contribution in [0, 0.1) is 0 Å². The zero-order chi connectivity index (χ0) is 21.3. The van der Waals surface area contributed by atoms with Crippen molar-refractivity contribution in [3.05, 3.63) is 64.7 Å². The monoisotopic (exact) mass is 437 g/mol. The second-order valence-electron chi connectivity index (χ2n) is 6.99. The van der Waals surface area contributed by atoms with E-state index in [0.717, 1.165) is 24.2 Å². The predicted octanol–water partition coefficient (Wildman–Crippen LogP) is 4.70. The van der Waals surface area contributed by atoms with Gasteiger partial charge in [-0.2, -0.15) is 0 Å². The van der Waals surface area contributed by atoms with Crippen LogP contribution in [0.5, 0.6) is 5.75 Å². The van der Waals surface area contributed by atoms with Crippen LogP contribution in [0.25, 0.3) is 0 Å². The van der Waals surface area contributed by atoms with Gasteiger partial charge in [-0.05, 0) is 42.7 Å². The van der Waals surface area contributed by atoms with E-state index in [1.165, 1.54) is 0 Å². The number of carbonyl (C=O) groups excluding carboxylic acids is 1. The first kappa shape index (κ1) is 23.2. The van der Waals surface area contributed by atoms with Gasteiger partial charge in [-0.1, -0.05) is 55.3 Å². The largest absolute Gasteiger partial charge is 0.494 e. The number of benzene rings is 2. The van der Waals surface area contributed by atoms with E-state index < -0.39 is 9.84 Å². The van der Waals surface area contributed by atoms with E-state index in [4.69, 9.17) is 16.3 Å². The number of halogens is 1. The van der Waals surface area contributed by atoms with Crippen LogP contribution >= 0.6 is 11.6 Å². The minimum Gasteiger partial charge on any atom is -0.494 e. The average Bonchev–Trinajstić information content (AvgIpc) is 2.69. The fourth-order valence-corrected chi connectivity index (χ4v) is 4.40. The summed E-state index contributed by atoms with van der Waals surface area (Å²) >= 11 is 6.02. The summed E-state index contributed by atoms with van der Waals surface area (Å²) in [6, 6.07) is 14.2. The molecule has 2 aromatic carbocycles. The van der Waals surface area contributed by atoms with Crippen LogP contribution < -0.4 is 10.1 Å². The lowest BCUT2D eigenvalue weighted by atomic mass is 10.1. The molecule has 1 atom stereocenters. The molecule has 0 fully saturated rings. The van der Waals surface area contributed by atoms with Crippen LogP contribution in [-0.4, -0.2) is 26.7 Å². The lowest BCUT2D eigenvalue weighted by Crippen LogP contribution is -2.28. The Labute approximate surface area is 178 Å². The molecule has 2 aromatic rings. The smallest absolute Gasteiger partial charge is 0.221 e. The molecular weight excluding hydrogens is 410 g/mol. The van der Waals surface area contributed by atoms with Gasteiger partial charge in [0.25, 0.3) is 0 Å². The van der Waals surface area contributed by atoms with Gasteiger partial charge in [0.2, 0.25) is 5.91 Å². The third-order valence-electron chi connectivity index (χ3n) is 4.50. The van der Waals surface area contributed by atoms with E-state index in [1.54, 1.807) is 24.3 Å². The molecule has 0 aliphatic carbocycles. The van der Waals surface area contributed by atoms with Crippen LogP contribution in [0.2, 0.25) is 5.02 Å². The molecule has 0 saturated heterocycles. The minimum atomic E-state index is -3.43. The molecule has 5 nitrogen and oxygen atoms in total. The van der Waals surface area contributed by atoms with Crippen LogP contribution in [-0.2, 0) is 20.4 Å². The molecule has 0 spiro atoms. The zero-order valence-corrected chi connectivity index (χ0v) is 18.4. The van der Waals surface area contributed by atoms with E-state index >= 15 is 0 Å². The molecule has 0 heterocycles. The number of sulfone groups is 1. The first-order valence-electron chi connectivity index (χ1n) is 9.76. The van der Waals surface area contributed by atoms with Crippen molar-refractivity contribution in [3.63, 3.8) is 0 Å². The third kappa shape index (κ3) is 8.07. The molecule has 158 valence electrons. The quantitative estimate of drug-likeness (QED) is 0.517. The van der Waals surface area contributed by atoms with Crippen molar-refractivity contribution in [2.45, 2.75) is 44.9 Å². The van der Waals surface area contributed by atoms with E-state index in [9.17, 15) is 13.2 Å². The van der Waals surface area contributed by atoms with Gasteiger partial charge in [0.1, 0.15) is 5.75 Å². The lowest BCUT2D eigenvalue weighted by molar-refractivity contribution is -0.121. The molecule has 2 rings (SSSR count). The Bertz CT molecular complexity index is 897. The highest BCUT2D eigenvalue weighted by molar-refractivity contribution is 7.90. The van der Waals surface area contributed by atoms with E-state index in [2.05, 4.69) is 12.2 Å². The van der Waals surface area contributed by atoms with Gasteiger partial charge in [-0.25, -0.2) is 8.42 Å². The van der Waals surface area contributed by atoms with E-state index in [1.807, 2.05) is 31.2 Å². The van der Waals surface area contributed by atoms with Crippen molar-refractivity contribution in [2.24, 2.45) is 0 Å². The summed E-state index contributed by atoms with van der Waals surface area (Å²) in [6.45, 7) is 4.66. The standard InChI is InChI=1S/C22H28ClNO4S/c1-3-4-14-28-20-11-9-18(10-12-20)17(2)24-22(25)13-15-29(26,27)16-19-7-5-6-8-21(19)23/h5-12,17H,3-4,13-16H2,1-2H3,(H,24,25)/t17-/m0/s1. The predicted molar refractivity (Wildman–Crippen MR) is 117 cm³/mol. The van der Waals surface area contributed by atoms with Crippen molar-refractivity contribution in [2.75, 3.05) is 12.4 Å². The Morgan fingerprint density at radius 1 is 1.14 bits per heavy atom. The molecule has 29 heavy (non-hydrogen) atoms. The normalized spacial score (nSPS) is 12.4. The average molecular weight is 438 g/mol. The van der Waals surface area contributed by atoms with Gasteiger partial charge in [0, 0.05) is 11.4 Å². The van der Waals surface area contributed by atoms with Crippen molar-refractivity contribution < 1.29 is 17.9 Å². The summed E-state index contributed by atoms with van der Waals surface area (Å²) in [4.78, 5) is 12.2. The molecule has 0 aliphatic heterocycles. The first-order chi connectivity index (χ1) is 13.8. The van der Waals surface area contributed by atoms with Crippen LogP contribution in [0.4, 0.5) is 0 Å². The summed E-state index contributed by atoms with van der Waals surface area (Å²) in [5.41, 5.74) is 1.48. The third-order valence-corrected chi connectivity index (χ3v) is 6.44. The lowest BCUT2D eigenvalue weighted by Gasteiger charge is -2.15. The number of rotatable bonds is 11. The van der Waals surface area contributed by atoms with Crippen molar-refractivity contribution in [1.29, 1.82) is 0 Å². The number of carbonyl (C=O) groups is 1. The molecule has 0 bridgehead atoms. The Morgan fingerprint density at radius 2 is 1.83 bits per heavy atom. The van der Waals surface area contributed by atoms with Crippen LogP contribution in [0.15, 0.2) is 48.5 Å². The van der Waals surface area contributed by atoms with Gasteiger partial charge >= 0.3 is 0 Å². The highest BCUT2D eigenvalue weighted by Gasteiger charge is 2.17. The Kier molecular flexibility index (Phi) is 8.99. The number of hydrogen-bond donors (Lipinski definition) is 1. The molecular formula is C22H28ClNO4S. The molecule has 0 saturated carbocycles.